The molecule has 2 aromatic rings. The number of fused-ring (bicyclic) bond motifs is 1. The summed E-state index contributed by atoms with van der Waals surface area (Å²) in [5.41, 5.74) is 1.83. The lowest BCUT2D eigenvalue weighted by molar-refractivity contribution is -0.117. The van der Waals surface area contributed by atoms with Crippen LogP contribution in [0.15, 0.2) is 48.5 Å². The summed E-state index contributed by atoms with van der Waals surface area (Å²) in [5.74, 6) is 1.32. The van der Waals surface area contributed by atoms with Crippen LogP contribution in [0, 0.1) is 0 Å². The standard InChI is InChI=1S/C23H27N3O4/c1-16(2)25(14-17-6-4-3-5-7-17)23(28)24-18-12-22(27)26(15-18)19-8-9-20-21(13-19)30-11-10-29-20/h3-9,13,16,18H,10-12,14-15H2,1-2H3,(H,24,28)/t18-/m0/s1. The third-order valence-corrected chi connectivity index (χ3v) is 5.37. The van der Waals surface area contributed by atoms with Gasteiger partial charge in [-0.25, -0.2) is 4.79 Å². The molecule has 2 heterocycles. The largest absolute Gasteiger partial charge is 0.486 e. The van der Waals surface area contributed by atoms with Gasteiger partial charge in [0.2, 0.25) is 5.91 Å². The third-order valence-electron chi connectivity index (χ3n) is 5.37. The van der Waals surface area contributed by atoms with E-state index in [4.69, 9.17) is 9.47 Å². The van der Waals surface area contributed by atoms with Crippen LogP contribution in [0.2, 0.25) is 0 Å². The van der Waals surface area contributed by atoms with E-state index in [1.54, 1.807) is 9.80 Å². The quantitative estimate of drug-likeness (QED) is 0.823. The van der Waals surface area contributed by atoms with Crippen molar-refractivity contribution in [1.29, 1.82) is 0 Å². The molecule has 1 saturated heterocycles. The van der Waals surface area contributed by atoms with Crippen LogP contribution >= 0.6 is 0 Å². The Labute approximate surface area is 176 Å². The Kier molecular flexibility index (Phi) is 5.79. The predicted molar refractivity (Wildman–Crippen MR) is 114 cm³/mol. The molecule has 1 N–H and O–H groups in total. The van der Waals surface area contributed by atoms with E-state index in [0.29, 0.717) is 37.8 Å². The van der Waals surface area contributed by atoms with Gasteiger partial charge in [-0.05, 0) is 31.5 Å². The van der Waals surface area contributed by atoms with Crippen LogP contribution in [-0.2, 0) is 11.3 Å². The number of benzene rings is 2. The lowest BCUT2D eigenvalue weighted by atomic mass is 10.2. The highest BCUT2D eigenvalue weighted by molar-refractivity contribution is 5.97. The topological polar surface area (TPSA) is 71.1 Å². The van der Waals surface area contributed by atoms with E-state index in [9.17, 15) is 9.59 Å². The molecule has 0 aromatic heterocycles. The highest BCUT2D eigenvalue weighted by Crippen LogP contribution is 2.35. The summed E-state index contributed by atoms with van der Waals surface area (Å²) in [6, 6.07) is 15.0. The number of anilines is 1. The first kappa shape index (κ1) is 20.1. The Morgan fingerprint density at radius 3 is 2.60 bits per heavy atom. The fourth-order valence-electron chi connectivity index (χ4n) is 3.78. The van der Waals surface area contributed by atoms with E-state index in [2.05, 4.69) is 5.32 Å². The normalized spacial score (nSPS) is 17.9. The van der Waals surface area contributed by atoms with Crippen molar-refractivity contribution in [3.8, 4) is 11.5 Å². The van der Waals surface area contributed by atoms with Crippen LogP contribution in [-0.4, -0.2) is 48.7 Å². The monoisotopic (exact) mass is 409 g/mol. The van der Waals surface area contributed by atoms with Crippen molar-refractivity contribution in [3.63, 3.8) is 0 Å². The van der Waals surface area contributed by atoms with Gasteiger partial charge in [0.15, 0.2) is 11.5 Å². The van der Waals surface area contributed by atoms with Crippen molar-refractivity contribution in [2.24, 2.45) is 0 Å². The van der Waals surface area contributed by atoms with Gasteiger partial charge in [-0.15, -0.1) is 0 Å². The smallest absolute Gasteiger partial charge is 0.318 e. The van der Waals surface area contributed by atoms with Gasteiger partial charge in [-0.3, -0.25) is 4.79 Å². The summed E-state index contributed by atoms with van der Waals surface area (Å²) in [4.78, 5) is 29.0. The minimum Gasteiger partial charge on any atom is -0.486 e. The summed E-state index contributed by atoms with van der Waals surface area (Å²) in [5, 5.41) is 3.04. The molecule has 2 aliphatic heterocycles. The number of ether oxygens (including phenoxy) is 2. The van der Waals surface area contributed by atoms with Crippen molar-refractivity contribution in [2.75, 3.05) is 24.7 Å². The molecule has 158 valence electrons. The van der Waals surface area contributed by atoms with Crippen molar-refractivity contribution in [1.82, 2.24) is 10.2 Å². The number of amides is 3. The maximum Gasteiger partial charge on any atom is 0.318 e. The van der Waals surface area contributed by atoms with Crippen LogP contribution in [0.25, 0.3) is 0 Å². The van der Waals surface area contributed by atoms with Crippen molar-refractivity contribution < 1.29 is 19.1 Å². The zero-order valence-electron chi connectivity index (χ0n) is 17.3. The number of urea groups is 1. The lowest BCUT2D eigenvalue weighted by Crippen LogP contribution is -2.48. The van der Waals surface area contributed by atoms with Crippen molar-refractivity contribution in [3.05, 3.63) is 54.1 Å². The number of rotatable bonds is 5. The van der Waals surface area contributed by atoms with Gasteiger partial charge in [-0.1, -0.05) is 30.3 Å². The molecule has 0 bridgehead atoms. The average Bonchev–Trinajstić information content (AvgIpc) is 3.12. The molecule has 1 fully saturated rings. The maximum atomic E-state index is 12.9. The van der Waals surface area contributed by atoms with Crippen LogP contribution in [0.5, 0.6) is 11.5 Å². The summed E-state index contributed by atoms with van der Waals surface area (Å²) >= 11 is 0. The Balaban J connectivity index is 1.41. The molecule has 0 aliphatic carbocycles. The van der Waals surface area contributed by atoms with E-state index in [1.807, 2.05) is 62.4 Å². The Morgan fingerprint density at radius 1 is 1.13 bits per heavy atom. The zero-order valence-corrected chi connectivity index (χ0v) is 17.3. The van der Waals surface area contributed by atoms with E-state index in [1.165, 1.54) is 0 Å². The second kappa shape index (κ2) is 8.65. The highest BCUT2D eigenvalue weighted by atomic mass is 16.6. The molecular formula is C23H27N3O4. The third kappa shape index (κ3) is 4.35. The second-order valence-electron chi connectivity index (χ2n) is 7.89. The number of nitrogens with zero attached hydrogens (tertiary/aromatic N) is 2. The molecule has 0 unspecified atom stereocenters. The van der Waals surface area contributed by atoms with Gasteiger partial charge in [0.25, 0.3) is 0 Å². The summed E-state index contributed by atoms with van der Waals surface area (Å²) in [6.07, 6.45) is 0.275. The van der Waals surface area contributed by atoms with Gasteiger partial charge < -0.3 is 24.6 Å². The van der Waals surface area contributed by atoms with Crippen LogP contribution in [0.4, 0.5) is 10.5 Å². The number of hydrogen-bond acceptors (Lipinski definition) is 4. The zero-order chi connectivity index (χ0) is 21.1. The van der Waals surface area contributed by atoms with Gasteiger partial charge in [-0.2, -0.15) is 0 Å². The Hall–Kier alpha value is -3.22. The van der Waals surface area contributed by atoms with Gasteiger partial charge in [0.1, 0.15) is 13.2 Å². The molecule has 2 aliphatic rings. The van der Waals surface area contributed by atoms with Gasteiger partial charge in [0, 0.05) is 37.3 Å². The first-order valence-corrected chi connectivity index (χ1v) is 10.3. The SMILES string of the molecule is CC(C)N(Cc1ccccc1)C(=O)N[C@H]1CC(=O)N(c2ccc3c(c2)OCCO3)C1. The van der Waals surface area contributed by atoms with Crippen LogP contribution in [0.3, 0.4) is 0 Å². The molecule has 3 amide bonds. The van der Waals surface area contributed by atoms with E-state index in [0.717, 1.165) is 11.3 Å². The van der Waals surface area contributed by atoms with Crippen LogP contribution < -0.4 is 19.7 Å². The molecular weight excluding hydrogens is 382 g/mol. The van der Waals surface area contributed by atoms with Crippen molar-refractivity contribution in [2.45, 2.75) is 38.9 Å². The molecule has 1 atom stereocenters. The Bertz CT molecular complexity index is 916. The molecule has 4 rings (SSSR count). The summed E-state index contributed by atoms with van der Waals surface area (Å²) in [6.45, 7) is 5.96. The first-order valence-electron chi connectivity index (χ1n) is 10.3. The number of carbonyl (C=O) groups excluding carboxylic acids is 2. The molecule has 0 spiro atoms. The fourth-order valence-corrected chi connectivity index (χ4v) is 3.78. The molecule has 30 heavy (non-hydrogen) atoms. The minimum absolute atomic E-state index is 0.0175. The van der Waals surface area contributed by atoms with E-state index >= 15 is 0 Å². The molecule has 0 saturated carbocycles. The van der Waals surface area contributed by atoms with Gasteiger partial charge in [0.05, 0.1) is 6.04 Å². The summed E-state index contributed by atoms with van der Waals surface area (Å²) < 4.78 is 11.2. The molecule has 0 radical (unpaired) electrons. The number of nitrogens with one attached hydrogen (secondary N) is 1. The molecule has 7 heteroatoms. The average molecular weight is 409 g/mol. The second-order valence-corrected chi connectivity index (χ2v) is 7.89. The predicted octanol–water partition coefficient (Wildman–Crippen LogP) is 3.18. The van der Waals surface area contributed by atoms with Gasteiger partial charge >= 0.3 is 6.03 Å². The maximum absolute atomic E-state index is 12.9. The number of carbonyl (C=O) groups is 2. The minimum atomic E-state index is -0.241. The van der Waals surface area contributed by atoms with E-state index < -0.39 is 0 Å². The van der Waals surface area contributed by atoms with Crippen molar-refractivity contribution >= 4 is 17.6 Å². The highest BCUT2D eigenvalue weighted by Gasteiger charge is 2.33. The lowest BCUT2D eigenvalue weighted by Gasteiger charge is -2.28. The van der Waals surface area contributed by atoms with Crippen LogP contribution in [0.1, 0.15) is 25.8 Å². The number of hydrogen-bond donors (Lipinski definition) is 1. The molecule has 7 nitrogen and oxygen atoms in total. The fraction of sp³-hybridized carbons (Fsp3) is 0.391. The molecule has 2 aromatic carbocycles. The first-order chi connectivity index (χ1) is 14.5. The van der Waals surface area contributed by atoms with E-state index in [-0.39, 0.29) is 30.4 Å². The Morgan fingerprint density at radius 2 is 1.87 bits per heavy atom. The summed E-state index contributed by atoms with van der Waals surface area (Å²) in [7, 11) is 0.